The molecule has 6 nitrogen and oxygen atoms in total. The van der Waals surface area contributed by atoms with Gasteiger partial charge in [0.1, 0.15) is 44.2 Å². The van der Waals surface area contributed by atoms with E-state index in [1.54, 1.807) is 12.1 Å². The van der Waals surface area contributed by atoms with E-state index in [1.165, 1.54) is 34.4 Å². The normalized spacial score (nSPS) is 12.9. The van der Waals surface area contributed by atoms with Gasteiger partial charge in [-0.3, -0.25) is 0 Å². The predicted octanol–water partition coefficient (Wildman–Crippen LogP) is 24.6. The van der Waals surface area contributed by atoms with Gasteiger partial charge in [-0.15, -0.1) is 0 Å². The van der Waals surface area contributed by atoms with Gasteiger partial charge in [0.2, 0.25) is 0 Å². The molecule has 2 aromatic heterocycles. The Morgan fingerprint density at radius 3 is 0.888 bits per heavy atom. The van der Waals surface area contributed by atoms with Crippen LogP contribution in [0, 0.1) is 37.3 Å². The van der Waals surface area contributed by atoms with Crippen molar-refractivity contribution in [1.29, 1.82) is 0 Å². The Bertz CT molecular complexity index is 4160. The van der Waals surface area contributed by atoms with Crippen LogP contribution in [0.3, 0.4) is 0 Å². The van der Waals surface area contributed by atoms with Gasteiger partial charge in [-0.25, -0.2) is 8.78 Å². The number of hydrogen-bond acceptors (Lipinski definition) is 4. The van der Waals surface area contributed by atoms with Crippen LogP contribution in [0.15, 0.2) is 121 Å². The Balaban J connectivity index is 0.00000451. The van der Waals surface area contributed by atoms with Gasteiger partial charge in [-0.1, -0.05) is 215 Å². The molecule has 0 saturated heterocycles. The zero-order valence-corrected chi connectivity index (χ0v) is 68.7. The minimum atomic E-state index is -0.424. The molecule has 2 heterocycles. The third-order valence-electron chi connectivity index (χ3n) is 19.4. The van der Waals surface area contributed by atoms with E-state index in [-0.39, 0.29) is 107 Å². The second-order valence-electron chi connectivity index (χ2n) is 35.0. The smallest absolute Gasteiger partial charge is 0.147 e. The van der Waals surface area contributed by atoms with E-state index >= 15 is 8.78 Å². The average Bonchev–Trinajstić information content (AvgIpc) is 1.45. The molecule has 0 spiro atoms. The Hall–Kier alpha value is -6.49. The second-order valence-corrected chi connectivity index (χ2v) is 36.1. The standard InChI is InChI=1S/C86H106F2N2O4Si.2CH3.Hf/c1-25-51-35-59(87)45-67(65-37-57(85(21,22)47-79(3,4)5)43-73(75(65)91)89-69-39-53(81(9,10)11)27-31-61(69)62-32-28-54(40-70(62)89)82(12,13)14)77(51)93-49-95-50-94-78-52(26-2)36-60(88)46-68(78)66-38-58(86(23,24)48-80(6,7)8)44-74(76(66)92)90-71-41-55(83(15,16)17)29-33-63(71)64-34-30-56(42-72(64)90)84(18,19)20;;;/h27-46,91-92H,25-26,47-50H2,1-24H3;2*1H3;/q;2*-1;. The number of fused-ring (bicyclic) bond motifs is 6. The van der Waals surface area contributed by atoms with Gasteiger partial charge >= 0.3 is 0 Å². The largest absolute Gasteiger partial charge is 0.505 e. The van der Waals surface area contributed by atoms with Crippen molar-refractivity contribution in [3.05, 3.63) is 192 Å². The van der Waals surface area contributed by atoms with Crippen LogP contribution in [-0.4, -0.2) is 41.3 Å². The average molecular weight is 1510 g/mol. The van der Waals surface area contributed by atoms with Crippen LogP contribution in [-0.2, 0) is 71.2 Å². The van der Waals surface area contributed by atoms with Crippen molar-refractivity contribution in [1.82, 2.24) is 9.13 Å². The number of phenols is 2. The molecule has 0 amide bonds. The van der Waals surface area contributed by atoms with E-state index in [1.807, 2.05) is 13.8 Å². The molecular weight excluding hydrogens is 1390 g/mol. The van der Waals surface area contributed by atoms with Crippen molar-refractivity contribution in [2.24, 2.45) is 10.8 Å². The van der Waals surface area contributed by atoms with Crippen molar-refractivity contribution in [3.63, 3.8) is 0 Å². The minimum absolute atomic E-state index is 0. The number of aromatic hydroxyl groups is 2. The molecule has 0 fully saturated rings. The first-order valence-electron chi connectivity index (χ1n) is 34.5. The fourth-order valence-corrected chi connectivity index (χ4v) is 15.5. The molecule has 0 saturated carbocycles. The summed E-state index contributed by atoms with van der Waals surface area (Å²) in [6.45, 7) is 53.3. The van der Waals surface area contributed by atoms with Gasteiger partial charge in [0.15, 0.2) is 0 Å². The molecule has 0 aliphatic heterocycles. The maximum atomic E-state index is 16.5. The summed E-state index contributed by atoms with van der Waals surface area (Å²) in [5, 5.41) is 31.0. The van der Waals surface area contributed by atoms with Crippen molar-refractivity contribution >= 4 is 53.1 Å². The summed E-state index contributed by atoms with van der Waals surface area (Å²) in [6.07, 6.45) is 3.03. The van der Waals surface area contributed by atoms with E-state index in [0.29, 0.717) is 69.1 Å². The summed E-state index contributed by atoms with van der Waals surface area (Å²) in [4.78, 5) is 0. The molecule has 0 bridgehead atoms. The molecule has 2 N–H and O–H groups in total. The number of rotatable bonds is 16. The van der Waals surface area contributed by atoms with E-state index in [0.717, 1.165) is 67.6 Å². The maximum Gasteiger partial charge on any atom is 0.147 e. The van der Waals surface area contributed by atoms with Crippen molar-refractivity contribution in [2.75, 3.05) is 12.5 Å². The Labute approximate surface area is 609 Å². The van der Waals surface area contributed by atoms with Gasteiger partial charge in [0.05, 0.1) is 45.9 Å². The van der Waals surface area contributed by atoms with E-state index < -0.39 is 22.5 Å². The summed E-state index contributed by atoms with van der Waals surface area (Å²) in [7, 11) is 0.0645. The second kappa shape index (κ2) is 28.1. The summed E-state index contributed by atoms with van der Waals surface area (Å²) in [5.41, 5.74) is 13.6. The summed E-state index contributed by atoms with van der Waals surface area (Å²) >= 11 is 0. The first kappa shape index (κ1) is 78.8. The molecule has 0 unspecified atom stereocenters. The van der Waals surface area contributed by atoms with E-state index in [9.17, 15) is 10.2 Å². The van der Waals surface area contributed by atoms with Crippen molar-refractivity contribution in [3.8, 4) is 56.6 Å². The number of hydrogen-bond donors (Lipinski definition) is 2. The molecule has 2 radical (unpaired) electrons. The minimum Gasteiger partial charge on any atom is -0.505 e. The van der Waals surface area contributed by atoms with Crippen LogP contribution in [0.2, 0.25) is 0 Å². The van der Waals surface area contributed by atoms with Gasteiger partial charge in [0, 0.05) is 69.6 Å². The number of phenolic OH excluding ortho intramolecular Hbond substituents is 2. The molecule has 522 valence electrons. The van der Waals surface area contributed by atoms with Crippen LogP contribution < -0.4 is 9.47 Å². The number of ether oxygens (including phenoxy) is 2. The zero-order valence-electron chi connectivity index (χ0n) is 64.2. The monoisotopic (exact) mass is 1510 g/mol. The Morgan fingerprint density at radius 1 is 0.367 bits per heavy atom. The Morgan fingerprint density at radius 2 is 0.643 bits per heavy atom. The molecule has 10 rings (SSSR count). The summed E-state index contributed by atoms with van der Waals surface area (Å²) in [5.74, 6) is 0.207. The first-order valence-corrected chi connectivity index (χ1v) is 35.9. The van der Waals surface area contributed by atoms with Gasteiger partial charge in [-0.2, -0.15) is 0 Å². The SMILES string of the molecule is CCc1cc(F)cc(-c2cc(C(C)(C)CC(C)(C)C)cc(-n3c4cc(C(C)(C)C)ccc4c4ccc(C(C)(C)C)cc43)c2O)c1OC[Si]COc1c(CC)cc(F)cc1-c1cc(C(C)(C)CC(C)(C)C)cc(-n2c3cc(C(C)(C)C)ccc3c3ccc(C(C)(C)C)cc32)c1O.[CH3-].[CH3-].[Hf]. The van der Waals surface area contributed by atoms with Crippen LogP contribution in [0.1, 0.15) is 224 Å². The van der Waals surface area contributed by atoms with E-state index in [2.05, 4.69) is 259 Å². The van der Waals surface area contributed by atoms with Crippen LogP contribution in [0.4, 0.5) is 8.78 Å². The fourth-order valence-electron chi connectivity index (χ4n) is 14.9. The van der Waals surface area contributed by atoms with Crippen molar-refractivity contribution < 1.29 is 54.3 Å². The molecule has 0 aliphatic rings. The molecular formula is C88H112F2HfN2O4Si-2. The molecule has 0 atom stereocenters. The first-order chi connectivity index (χ1) is 43.9. The van der Waals surface area contributed by atoms with E-state index in [4.69, 9.17) is 9.47 Å². The fraction of sp³-hybridized carbons (Fsp3) is 0.432. The van der Waals surface area contributed by atoms with Gasteiger partial charge < -0.3 is 43.7 Å². The number of aryl methyl sites for hydroxylation is 2. The van der Waals surface area contributed by atoms with Gasteiger partial charge in [-0.05, 0) is 186 Å². The number of halogens is 2. The van der Waals surface area contributed by atoms with Crippen molar-refractivity contribution in [2.45, 2.75) is 224 Å². The number of nitrogens with zero attached hydrogens (tertiary/aromatic N) is 2. The molecule has 10 aromatic rings. The molecule has 98 heavy (non-hydrogen) atoms. The topological polar surface area (TPSA) is 68.8 Å². The zero-order chi connectivity index (χ0) is 69.8. The van der Waals surface area contributed by atoms with Gasteiger partial charge in [0.25, 0.3) is 0 Å². The number of aromatic nitrogens is 2. The maximum absolute atomic E-state index is 16.5. The number of benzene rings is 8. The third kappa shape index (κ3) is 16.0. The molecule has 0 aliphatic carbocycles. The predicted molar refractivity (Wildman–Crippen MR) is 413 cm³/mol. The van der Waals surface area contributed by atoms with Crippen LogP contribution in [0.5, 0.6) is 23.0 Å². The molecule has 10 heteroatoms. The van der Waals surface area contributed by atoms with Crippen LogP contribution in [0.25, 0.3) is 77.2 Å². The molecule has 8 aromatic carbocycles. The summed E-state index contributed by atoms with van der Waals surface area (Å²) in [6, 6.07) is 41.4. The third-order valence-corrected chi connectivity index (χ3v) is 20.1. The van der Waals surface area contributed by atoms with Crippen LogP contribution >= 0.6 is 0 Å². The Kier molecular flexibility index (Phi) is 22.6. The quantitative estimate of drug-likeness (QED) is 0.0575. The summed E-state index contributed by atoms with van der Waals surface area (Å²) < 4.78 is 51.5.